The van der Waals surface area contributed by atoms with Gasteiger partial charge < -0.3 is 9.73 Å². The first-order valence-corrected chi connectivity index (χ1v) is 6.61. The molecule has 3 nitrogen and oxygen atoms in total. The topological polar surface area (TPSA) is 38.1 Å². The Hall–Kier alpha value is -1.35. The normalized spacial score (nSPS) is 13.4. The van der Waals surface area contributed by atoms with E-state index in [4.69, 9.17) is 4.42 Å². The van der Waals surface area contributed by atoms with Crippen molar-refractivity contribution < 1.29 is 4.42 Å². The number of hydrogen-bond donors (Lipinski definition) is 1. The van der Waals surface area contributed by atoms with Gasteiger partial charge in [-0.3, -0.25) is 0 Å². The molecule has 0 saturated carbocycles. The summed E-state index contributed by atoms with van der Waals surface area (Å²) in [4.78, 5) is 4.33. The molecule has 3 heteroatoms. The van der Waals surface area contributed by atoms with Crippen LogP contribution >= 0.6 is 0 Å². The highest BCUT2D eigenvalue weighted by molar-refractivity contribution is 5.73. The largest absolute Gasteiger partial charge is 0.441 e. The van der Waals surface area contributed by atoms with Gasteiger partial charge in [0.05, 0.1) is 0 Å². The van der Waals surface area contributed by atoms with Crippen LogP contribution in [0, 0.1) is 18.8 Å². The van der Waals surface area contributed by atoms with E-state index in [9.17, 15) is 0 Å². The zero-order valence-corrected chi connectivity index (χ0v) is 11.7. The van der Waals surface area contributed by atoms with Gasteiger partial charge in [-0.15, -0.1) is 0 Å². The van der Waals surface area contributed by atoms with E-state index in [0.29, 0.717) is 11.8 Å². The number of hydrogen-bond acceptors (Lipinski definition) is 3. The Labute approximate surface area is 109 Å². The molecule has 1 unspecified atom stereocenters. The summed E-state index contributed by atoms with van der Waals surface area (Å²) in [7, 11) is 2.01. The van der Waals surface area contributed by atoms with Crippen molar-refractivity contribution in [3.63, 3.8) is 0 Å². The lowest BCUT2D eigenvalue weighted by Gasteiger charge is -2.20. The van der Waals surface area contributed by atoms with E-state index in [1.165, 1.54) is 5.56 Å². The van der Waals surface area contributed by atoms with Crippen molar-refractivity contribution in [1.82, 2.24) is 10.3 Å². The van der Waals surface area contributed by atoms with E-state index in [2.05, 4.69) is 42.3 Å². The van der Waals surface area contributed by atoms with Crippen molar-refractivity contribution in [3.05, 3.63) is 29.7 Å². The number of aryl methyl sites for hydroxylation is 1. The Morgan fingerprint density at radius 1 is 1.33 bits per heavy atom. The Kier molecular flexibility index (Phi) is 4.02. The number of rotatable bonds is 5. The molecular weight excluding hydrogens is 224 g/mol. The Bertz CT molecular complexity index is 516. The first-order valence-electron chi connectivity index (χ1n) is 6.61. The molecule has 0 fully saturated rings. The average molecular weight is 246 g/mol. The lowest BCUT2D eigenvalue weighted by atomic mass is 9.89. The summed E-state index contributed by atoms with van der Waals surface area (Å²) in [6, 6.07) is 6.34. The summed E-state index contributed by atoms with van der Waals surface area (Å²) in [5, 5.41) is 3.27. The molecule has 2 aromatic rings. The number of nitrogens with one attached hydrogen (secondary N) is 1. The molecule has 0 aliphatic heterocycles. The first kappa shape index (κ1) is 13.1. The van der Waals surface area contributed by atoms with Crippen LogP contribution in [-0.2, 0) is 6.42 Å². The maximum Gasteiger partial charge on any atom is 0.192 e. The summed E-state index contributed by atoms with van der Waals surface area (Å²) < 4.78 is 5.58. The quantitative estimate of drug-likeness (QED) is 0.880. The van der Waals surface area contributed by atoms with Gasteiger partial charge in [-0.2, -0.15) is 0 Å². The van der Waals surface area contributed by atoms with E-state index >= 15 is 0 Å². The zero-order valence-electron chi connectivity index (χ0n) is 11.7. The molecule has 0 saturated heterocycles. The minimum Gasteiger partial charge on any atom is -0.441 e. The summed E-state index contributed by atoms with van der Waals surface area (Å²) in [5.41, 5.74) is 3.18. The number of fused-ring (bicyclic) bond motifs is 1. The molecule has 1 aromatic heterocycles. The third-order valence-electron chi connectivity index (χ3n) is 3.47. The molecule has 0 amide bonds. The fourth-order valence-corrected chi connectivity index (χ4v) is 2.32. The second-order valence-corrected chi connectivity index (χ2v) is 5.30. The smallest absolute Gasteiger partial charge is 0.192 e. The van der Waals surface area contributed by atoms with Gasteiger partial charge >= 0.3 is 0 Å². The Morgan fingerprint density at radius 3 is 2.78 bits per heavy atom. The minimum absolute atomic E-state index is 0.650. The maximum atomic E-state index is 5.58. The predicted octanol–water partition coefficient (Wildman–Crippen LogP) is 3.17. The van der Waals surface area contributed by atoms with Crippen molar-refractivity contribution in [1.29, 1.82) is 0 Å². The van der Waals surface area contributed by atoms with Crippen LogP contribution < -0.4 is 5.32 Å². The summed E-state index contributed by atoms with van der Waals surface area (Å²) >= 11 is 0. The molecule has 1 atom stereocenters. The average Bonchev–Trinajstić information content (AvgIpc) is 2.67. The van der Waals surface area contributed by atoms with E-state index < -0.39 is 0 Å². The van der Waals surface area contributed by atoms with Crippen molar-refractivity contribution in [3.8, 4) is 0 Å². The van der Waals surface area contributed by atoms with Crippen LogP contribution in [0.1, 0.15) is 25.3 Å². The SMILES string of the molecule is CNCC(Cc1ccc2nc(C)oc2c1)C(C)C. The van der Waals surface area contributed by atoms with Crippen molar-refractivity contribution in [2.45, 2.75) is 27.2 Å². The summed E-state index contributed by atoms with van der Waals surface area (Å²) in [6.45, 7) is 7.49. The number of oxazole rings is 1. The highest BCUT2D eigenvalue weighted by Crippen LogP contribution is 2.21. The third kappa shape index (κ3) is 2.91. The zero-order chi connectivity index (χ0) is 13.1. The molecule has 0 bridgehead atoms. The second kappa shape index (κ2) is 5.53. The third-order valence-corrected chi connectivity index (χ3v) is 3.47. The van der Waals surface area contributed by atoms with Gasteiger partial charge in [0.2, 0.25) is 0 Å². The number of aromatic nitrogens is 1. The summed E-state index contributed by atoms with van der Waals surface area (Å²) in [6.07, 6.45) is 1.08. The predicted molar refractivity (Wildman–Crippen MR) is 74.7 cm³/mol. The van der Waals surface area contributed by atoms with Crippen molar-refractivity contribution >= 4 is 11.1 Å². The van der Waals surface area contributed by atoms with Crippen molar-refractivity contribution in [2.24, 2.45) is 11.8 Å². The molecule has 0 spiro atoms. The molecule has 2 rings (SSSR count). The molecule has 98 valence electrons. The van der Waals surface area contributed by atoms with Gasteiger partial charge in [0.25, 0.3) is 0 Å². The monoisotopic (exact) mass is 246 g/mol. The van der Waals surface area contributed by atoms with E-state index in [1.807, 2.05) is 14.0 Å². The minimum atomic E-state index is 0.650. The summed E-state index contributed by atoms with van der Waals surface area (Å²) in [5.74, 6) is 2.05. The van der Waals surface area contributed by atoms with Crippen LogP contribution in [0.15, 0.2) is 22.6 Å². The number of benzene rings is 1. The van der Waals surface area contributed by atoms with Gasteiger partial charge in [-0.25, -0.2) is 4.98 Å². The molecule has 1 N–H and O–H groups in total. The van der Waals surface area contributed by atoms with Gasteiger partial charge in [-0.1, -0.05) is 19.9 Å². The Balaban J connectivity index is 2.19. The molecule has 0 aliphatic rings. The fraction of sp³-hybridized carbons (Fsp3) is 0.533. The van der Waals surface area contributed by atoms with Gasteiger partial charge in [0.15, 0.2) is 11.5 Å². The van der Waals surface area contributed by atoms with Crippen LogP contribution in [0.4, 0.5) is 0 Å². The molecule has 1 aromatic carbocycles. The Morgan fingerprint density at radius 2 is 2.11 bits per heavy atom. The van der Waals surface area contributed by atoms with Crippen molar-refractivity contribution in [2.75, 3.05) is 13.6 Å². The lowest BCUT2D eigenvalue weighted by molar-refractivity contribution is 0.370. The number of nitrogens with zero attached hydrogens (tertiary/aromatic N) is 1. The van der Waals surface area contributed by atoms with E-state index in [-0.39, 0.29) is 0 Å². The van der Waals surface area contributed by atoms with Gasteiger partial charge in [0, 0.05) is 6.92 Å². The molecule has 0 aliphatic carbocycles. The lowest BCUT2D eigenvalue weighted by Crippen LogP contribution is -2.25. The van der Waals surface area contributed by atoms with Gasteiger partial charge in [0.1, 0.15) is 5.52 Å². The molecule has 0 radical (unpaired) electrons. The van der Waals surface area contributed by atoms with Crippen LogP contribution in [0.25, 0.3) is 11.1 Å². The second-order valence-electron chi connectivity index (χ2n) is 5.30. The van der Waals surface area contributed by atoms with Crippen LogP contribution in [-0.4, -0.2) is 18.6 Å². The molecular formula is C15H22N2O. The van der Waals surface area contributed by atoms with E-state index in [0.717, 1.165) is 30.0 Å². The maximum absolute atomic E-state index is 5.58. The van der Waals surface area contributed by atoms with Gasteiger partial charge in [-0.05, 0) is 49.5 Å². The van der Waals surface area contributed by atoms with Crippen LogP contribution in [0.3, 0.4) is 0 Å². The highest BCUT2D eigenvalue weighted by atomic mass is 16.3. The fourth-order valence-electron chi connectivity index (χ4n) is 2.32. The first-order chi connectivity index (χ1) is 8.60. The molecule has 18 heavy (non-hydrogen) atoms. The van der Waals surface area contributed by atoms with Crippen LogP contribution in [0.2, 0.25) is 0 Å². The van der Waals surface area contributed by atoms with Crippen LogP contribution in [0.5, 0.6) is 0 Å². The standard InChI is InChI=1S/C15H22N2O/c1-10(2)13(9-16-4)7-12-5-6-14-15(8-12)18-11(3)17-14/h5-6,8,10,13,16H,7,9H2,1-4H3. The molecule has 1 heterocycles. The highest BCUT2D eigenvalue weighted by Gasteiger charge is 2.14. The van der Waals surface area contributed by atoms with E-state index in [1.54, 1.807) is 0 Å².